The summed E-state index contributed by atoms with van der Waals surface area (Å²) in [5, 5.41) is 6.99. The fraction of sp³-hybridized carbons (Fsp3) is 0.652. The molecule has 9 nitrogen and oxygen atoms in total. The molecule has 0 unspecified atom stereocenters. The van der Waals surface area contributed by atoms with Gasteiger partial charge in [0.05, 0.1) is 17.4 Å². The minimum absolute atomic E-state index is 0.00375. The van der Waals surface area contributed by atoms with Crippen molar-refractivity contribution in [1.82, 2.24) is 25.5 Å². The lowest BCUT2D eigenvalue weighted by molar-refractivity contribution is 0.0712. The van der Waals surface area contributed by atoms with Crippen molar-refractivity contribution in [1.29, 1.82) is 0 Å². The molecule has 2 aliphatic rings. The molecule has 180 valence electrons. The van der Waals surface area contributed by atoms with E-state index in [1.54, 1.807) is 14.2 Å². The molecule has 1 saturated heterocycles. The zero-order valence-corrected chi connectivity index (χ0v) is 20.4. The minimum Gasteiger partial charge on any atom is -0.480 e. The first-order chi connectivity index (χ1) is 16.0. The van der Waals surface area contributed by atoms with Gasteiger partial charge in [-0.15, -0.1) is 11.3 Å². The van der Waals surface area contributed by atoms with Crippen LogP contribution in [0.25, 0.3) is 10.2 Å². The van der Waals surface area contributed by atoms with Gasteiger partial charge in [0.15, 0.2) is 5.82 Å². The number of likely N-dealkylation sites (tertiary alicyclic amines) is 1. The first-order valence-electron chi connectivity index (χ1n) is 11.7. The lowest BCUT2D eigenvalue weighted by Gasteiger charge is -2.33. The molecule has 1 aliphatic carbocycles. The summed E-state index contributed by atoms with van der Waals surface area (Å²) in [6.45, 7) is 3.41. The quantitative estimate of drug-likeness (QED) is 0.663. The number of hydrogen-bond acceptors (Lipinski definition) is 7. The van der Waals surface area contributed by atoms with E-state index in [2.05, 4.69) is 20.6 Å². The Morgan fingerprint density at radius 1 is 1.03 bits per heavy atom. The smallest absolute Gasteiger partial charge is 0.315 e. The van der Waals surface area contributed by atoms with Crippen LogP contribution < -0.4 is 15.4 Å². The Labute approximate surface area is 198 Å². The van der Waals surface area contributed by atoms with Crippen LogP contribution in [0.5, 0.6) is 5.88 Å². The van der Waals surface area contributed by atoms with Crippen LogP contribution >= 0.6 is 11.3 Å². The van der Waals surface area contributed by atoms with Crippen molar-refractivity contribution < 1.29 is 19.1 Å². The second-order valence-corrected chi connectivity index (χ2v) is 9.84. The summed E-state index contributed by atoms with van der Waals surface area (Å²) in [4.78, 5) is 37.9. The normalized spacial score (nSPS) is 17.8. The molecule has 1 saturated carbocycles. The number of hydrogen-bond donors (Lipinski definition) is 2. The lowest BCUT2D eigenvalue weighted by Crippen LogP contribution is -2.51. The molecule has 1 aliphatic heterocycles. The Balaban J connectivity index is 1.38. The number of nitrogens with zero attached hydrogens (tertiary/aromatic N) is 3. The van der Waals surface area contributed by atoms with E-state index in [1.807, 2.05) is 11.8 Å². The third-order valence-corrected chi connectivity index (χ3v) is 7.70. The van der Waals surface area contributed by atoms with Crippen molar-refractivity contribution in [3.63, 3.8) is 0 Å². The molecule has 3 amide bonds. The number of aryl methyl sites for hydroxylation is 1. The van der Waals surface area contributed by atoms with E-state index >= 15 is 0 Å². The van der Waals surface area contributed by atoms with Gasteiger partial charge in [-0.05, 0) is 38.2 Å². The standard InChI is InChI=1S/C23H33N5O4S/c1-14-18-20(32-3)26-17(13-31-2)27-21(18)33-19(14)22(29)28-11-9-16(10-12-28)25-23(30)24-15-7-5-4-6-8-15/h15-16H,4-13H2,1-3H3,(H2,24,25,30). The highest BCUT2D eigenvalue weighted by Gasteiger charge is 2.29. The molecule has 0 bridgehead atoms. The maximum absolute atomic E-state index is 13.3. The molecule has 2 aromatic heterocycles. The molecule has 2 N–H and O–H groups in total. The van der Waals surface area contributed by atoms with Crippen molar-refractivity contribution in [2.24, 2.45) is 0 Å². The minimum atomic E-state index is -0.0791. The highest BCUT2D eigenvalue weighted by molar-refractivity contribution is 7.20. The average molecular weight is 476 g/mol. The van der Waals surface area contributed by atoms with Crippen molar-refractivity contribution in [3.05, 3.63) is 16.3 Å². The SMILES string of the molecule is COCc1nc(OC)c2c(C)c(C(=O)N3CCC(NC(=O)NC4CCCCC4)CC3)sc2n1. The third kappa shape index (κ3) is 5.38. The molecule has 33 heavy (non-hydrogen) atoms. The number of ether oxygens (including phenoxy) is 2. The molecule has 0 aromatic carbocycles. The van der Waals surface area contributed by atoms with E-state index in [1.165, 1.54) is 30.6 Å². The van der Waals surface area contributed by atoms with Crippen molar-refractivity contribution in [2.75, 3.05) is 27.3 Å². The number of thiophene rings is 1. The average Bonchev–Trinajstić information content (AvgIpc) is 3.15. The van der Waals surface area contributed by atoms with Gasteiger partial charge in [-0.3, -0.25) is 4.79 Å². The monoisotopic (exact) mass is 475 g/mol. The van der Waals surface area contributed by atoms with Gasteiger partial charge < -0.3 is 25.0 Å². The lowest BCUT2D eigenvalue weighted by atomic mass is 9.96. The van der Waals surface area contributed by atoms with E-state index in [4.69, 9.17) is 9.47 Å². The number of piperidine rings is 1. The number of nitrogens with one attached hydrogen (secondary N) is 2. The second kappa shape index (κ2) is 10.6. The van der Waals surface area contributed by atoms with E-state index in [0.29, 0.717) is 35.7 Å². The van der Waals surface area contributed by atoms with Gasteiger partial charge in [-0.25, -0.2) is 9.78 Å². The van der Waals surface area contributed by atoms with Crippen LogP contribution in [0.3, 0.4) is 0 Å². The zero-order chi connectivity index (χ0) is 23.4. The highest BCUT2D eigenvalue weighted by atomic mass is 32.1. The predicted octanol–water partition coefficient (Wildman–Crippen LogP) is 3.39. The summed E-state index contributed by atoms with van der Waals surface area (Å²) in [7, 11) is 3.16. The van der Waals surface area contributed by atoms with Crippen LogP contribution in [0.2, 0.25) is 0 Å². The fourth-order valence-electron chi connectivity index (χ4n) is 4.72. The van der Waals surface area contributed by atoms with Gasteiger partial charge in [0.2, 0.25) is 5.88 Å². The molecule has 4 rings (SSSR count). The van der Waals surface area contributed by atoms with Gasteiger partial charge in [0.1, 0.15) is 11.4 Å². The molecule has 0 spiro atoms. The molecule has 10 heteroatoms. The second-order valence-electron chi connectivity index (χ2n) is 8.84. The number of amides is 3. The van der Waals surface area contributed by atoms with E-state index in [9.17, 15) is 9.59 Å². The molecular weight excluding hydrogens is 442 g/mol. The molecule has 0 radical (unpaired) electrons. The third-order valence-electron chi connectivity index (χ3n) is 6.52. The number of fused-ring (bicyclic) bond motifs is 1. The van der Waals surface area contributed by atoms with Gasteiger partial charge >= 0.3 is 6.03 Å². The van der Waals surface area contributed by atoms with Crippen LogP contribution in [-0.2, 0) is 11.3 Å². The van der Waals surface area contributed by atoms with Crippen LogP contribution in [0.1, 0.15) is 66.0 Å². The molecular formula is C23H33N5O4S. The van der Waals surface area contributed by atoms with Crippen molar-refractivity contribution >= 4 is 33.5 Å². The van der Waals surface area contributed by atoms with Gasteiger partial charge in [-0.1, -0.05) is 19.3 Å². The summed E-state index contributed by atoms with van der Waals surface area (Å²) in [5.74, 6) is 0.989. The van der Waals surface area contributed by atoms with Gasteiger partial charge in [-0.2, -0.15) is 4.98 Å². The largest absolute Gasteiger partial charge is 0.480 e. The number of aromatic nitrogens is 2. The summed E-state index contributed by atoms with van der Waals surface area (Å²) < 4.78 is 10.6. The number of rotatable bonds is 6. The fourth-order valence-corrected chi connectivity index (χ4v) is 5.88. The Hall–Kier alpha value is -2.46. The number of urea groups is 1. The summed E-state index contributed by atoms with van der Waals surface area (Å²) in [5.41, 5.74) is 0.841. The Morgan fingerprint density at radius 3 is 2.33 bits per heavy atom. The summed E-state index contributed by atoms with van der Waals surface area (Å²) >= 11 is 1.37. The molecule has 0 atom stereocenters. The predicted molar refractivity (Wildman–Crippen MR) is 127 cm³/mol. The number of carbonyl (C=O) groups is 2. The first kappa shape index (κ1) is 23.7. The van der Waals surface area contributed by atoms with Crippen molar-refractivity contribution in [2.45, 2.75) is 70.6 Å². The van der Waals surface area contributed by atoms with Crippen LogP contribution in [-0.4, -0.2) is 66.2 Å². The number of carbonyl (C=O) groups excluding carboxylic acids is 2. The summed E-state index contributed by atoms with van der Waals surface area (Å²) in [6.07, 6.45) is 7.26. The summed E-state index contributed by atoms with van der Waals surface area (Å²) in [6, 6.07) is 0.300. The number of methoxy groups -OCH3 is 2. The van der Waals surface area contributed by atoms with E-state index in [0.717, 1.165) is 41.5 Å². The topological polar surface area (TPSA) is 106 Å². The Kier molecular flexibility index (Phi) is 7.64. The van der Waals surface area contributed by atoms with Crippen LogP contribution in [0.15, 0.2) is 0 Å². The van der Waals surface area contributed by atoms with E-state index in [-0.39, 0.29) is 24.6 Å². The Bertz CT molecular complexity index is 996. The first-order valence-corrected chi connectivity index (χ1v) is 12.5. The molecule has 2 fully saturated rings. The maximum atomic E-state index is 13.3. The maximum Gasteiger partial charge on any atom is 0.315 e. The Morgan fingerprint density at radius 2 is 1.70 bits per heavy atom. The molecule has 3 heterocycles. The van der Waals surface area contributed by atoms with Gasteiger partial charge in [0, 0.05) is 32.3 Å². The highest BCUT2D eigenvalue weighted by Crippen LogP contribution is 2.36. The molecule has 2 aromatic rings. The van der Waals surface area contributed by atoms with Crippen LogP contribution in [0, 0.1) is 6.92 Å². The van der Waals surface area contributed by atoms with Crippen LogP contribution in [0.4, 0.5) is 4.79 Å². The van der Waals surface area contributed by atoms with Gasteiger partial charge in [0.25, 0.3) is 5.91 Å². The zero-order valence-electron chi connectivity index (χ0n) is 19.6. The van der Waals surface area contributed by atoms with Crippen molar-refractivity contribution in [3.8, 4) is 5.88 Å². The van der Waals surface area contributed by atoms with E-state index < -0.39 is 0 Å².